The standard InChI is InChI=1S/C14H8FN3O4/c15-9-4-3-5-10(8-9)22-13-12(18(20)21)14(19)17-7-2-1-6-11(17)16-13/h1-8H. The van der Waals surface area contributed by atoms with Crippen LogP contribution in [0.2, 0.25) is 0 Å². The number of hydrogen-bond donors (Lipinski definition) is 0. The van der Waals surface area contributed by atoms with Crippen LogP contribution in [0.4, 0.5) is 10.1 Å². The molecule has 8 heteroatoms. The Hall–Kier alpha value is -3.29. The molecule has 3 aromatic rings. The van der Waals surface area contributed by atoms with E-state index >= 15 is 0 Å². The lowest BCUT2D eigenvalue weighted by molar-refractivity contribution is -0.387. The lowest BCUT2D eigenvalue weighted by Crippen LogP contribution is -2.19. The molecule has 0 atom stereocenters. The highest BCUT2D eigenvalue weighted by Gasteiger charge is 2.25. The second-order valence-corrected chi connectivity index (χ2v) is 4.32. The molecule has 0 aliphatic rings. The quantitative estimate of drug-likeness (QED) is 0.548. The molecule has 0 unspecified atom stereocenters. The van der Waals surface area contributed by atoms with E-state index in [1.807, 2.05) is 0 Å². The fourth-order valence-corrected chi connectivity index (χ4v) is 1.93. The summed E-state index contributed by atoms with van der Waals surface area (Å²) in [6, 6.07) is 9.70. The van der Waals surface area contributed by atoms with Crippen molar-refractivity contribution in [2.24, 2.45) is 0 Å². The first kappa shape index (κ1) is 13.7. The van der Waals surface area contributed by atoms with Crippen LogP contribution < -0.4 is 10.3 Å². The molecule has 22 heavy (non-hydrogen) atoms. The molecule has 0 saturated heterocycles. The third-order valence-electron chi connectivity index (χ3n) is 2.87. The van der Waals surface area contributed by atoms with Crippen LogP contribution in [0.15, 0.2) is 53.5 Å². The van der Waals surface area contributed by atoms with Crippen molar-refractivity contribution in [2.75, 3.05) is 0 Å². The summed E-state index contributed by atoms with van der Waals surface area (Å²) in [6.45, 7) is 0. The molecule has 0 N–H and O–H groups in total. The van der Waals surface area contributed by atoms with Crippen LogP contribution >= 0.6 is 0 Å². The summed E-state index contributed by atoms with van der Waals surface area (Å²) in [4.78, 5) is 26.4. The van der Waals surface area contributed by atoms with Gasteiger partial charge in [0.15, 0.2) is 0 Å². The van der Waals surface area contributed by atoms with E-state index in [0.29, 0.717) is 0 Å². The highest BCUT2D eigenvalue weighted by molar-refractivity contribution is 5.50. The summed E-state index contributed by atoms with van der Waals surface area (Å²) in [5, 5.41) is 11.1. The molecule has 2 heterocycles. The lowest BCUT2D eigenvalue weighted by atomic mass is 10.3. The van der Waals surface area contributed by atoms with Crippen molar-refractivity contribution in [1.29, 1.82) is 0 Å². The van der Waals surface area contributed by atoms with Crippen LogP contribution in [0, 0.1) is 15.9 Å². The van der Waals surface area contributed by atoms with E-state index in [2.05, 4.69) is 4.98 Å². The zero-order chi connectivity index (χ0) is 15.7. The summed E-state index contributed by atoms with van der Waals surface area (Å²) < 4.78 is 19.4. The minimum Gasteiger partial charge on any atom is -0.433 e. The molecule has 7 nitrogen and oxygen atoms in total. The topological polar surface area (TPSA) is 86.7 Å². The molecule has 0 aliphatic carbocycles. The number of fused-ring (bicyclic) bond motifs is 1. The minimum atomic E-state index is -0.873. The monoisotopic (exact) mass is 301 g/mol. The van der Waals surface area contributed by atoms with Crippen LogP contribution in [0.3, 0.4) is 0 Å². The maximum Gasteiger partial charge on any atom is 0.396 e. The molecular formula is C14H8FN3O4. The van der Waals surface area contributed by atoms with Gasteiger partial charge in [0.05, 0.1) is 4.92 Å². The number of ether oxygens (including phenoxy) is 1. The van der Waals surface area contributed by atoms with Crippen molar-refractivity contribution >= 4 is 11.3 Å². The van der Waals surface area contributed by atoms with E-state index in [9.17, 15) is 19.3 Å². The number of nitrogens with zero attached hydrogens (tertiary/aromatic N) is 3. The lowest BCUT2D eigenvalue weighted by Gasteiger charge is -2.07. The van der Waals surface area contributed by atoms with Crippen LogP contribution in [0.5, 0.6) is 11.6 Å². The Labute approximate surface area is 122 Å². The summed E-state index contributed by atoms with van der Waals surface area (Å²) >= 11 is 0. The van der Waals surface area contributed by atoms with Crippen LogP contribution in [0.25, 0.3) is 5.65 Å². The maximum absolute atomic E-state index is 13.2. The number of benzene rings is 1. The molecule has 0 spiro atoms. The van der Waals surface area contributed by atoms with E-state index < -0.39 is 27.9 Å². The van der Waals surface area contributed by atoms with Crippen LogP contribution in [-0.4, -0.2) is 14.3 Å². The fraction of sp³-hybridized carbons (Fsp3) is 0. The van der Waals surface area contributed by atoms with Crippen molar-refractivity contribution in [2.45, 2.75) is 0 Å². The van der Waals surface area contributed by atoms with Crippen molar-refractivity contribution in [3.63, 3.8) is 0 Å². The molecule has 0 saturated carbocycles. The van der Waals surface area contributed by atoms with Gasteiger partial charge in [0, 0.05) is 12.3 Å². The van der Waals surface area contributed by atoms with E-state index in [0.717, 1.165) is 10.5 Å². The average molecular weight is 301 g/mol. The highest BCUT2D eigenvalue weighted by Crippen LogP contribution is 2.27. The first-order chi connectivity index (χ1) is 10.6. The summed E-state index contributed by atoms with van der Waals surface area (Å²) in [5.41, 5.74) is -1.50. The van der Waals surface area contributed by atoms with Gasteiger partial charge in [-0.3, -0.25) is 19.3 Å². The fourth-order valence-electron chi connectivity index (χ4n) is 1.93. The van der Waals surface area contributed by atoms with E-state index in [-0.39, 0.29) is 11.4 Å². The van der Waals surface area contributed by atoms with Crippen molar-refractivity contribution in [1.82, 2.24) is 9.38 Å². The molecule has 1 aromatic carbocycles. The molecule has 0 bridgehead atoms. The van der Waals surface area contributed by atoms with E-state index in [4.69, 9.17) is 4.74 Å². The average Bonchev–Trinajstić information content (AvgIpc) is 2.47. The smallest absolute Gasteiger partial charge is 0.396 e. The minimum absolute atomic E-state index is 0.00952. The first-order valence-corrected chi connectivity index (χ1v) is 6.15. The number of nitro groups is 1. The van der Waals surface area contributed by atoms with Gasteiger partial charge in [-0.1, -0.05) is 12.1 Å². The largest absolute Gasteiger partial charge is 0.433 e. The SMILES string of the molecule is O=c1c([N+](=O)[O-])c(Oc2cccc(F)c2)nc2ccccn12. The van der Waals surface area contributed by atoms with Crippen LogP contribution in [0.1, 0.15) is 0 Å². The van der Waals surface area contributed by atoms with Crippen molar-refractivity contribution in [3.8, 4) is 11.6 Å². The number of aromatic nitrogens is 2. The van der Waals surface area contributed by atoms with Gasteiger partial charge in [-0.05, 0) is 24.3 Å². The van der Waals surface area contributed by atoms with Gasteiger partial charge in [0.25, 0.3) is 0 Å². The Kier molecular flexibility index (Phi) is 3.26. The second kappa shape index (κ2) is 5.24. The van der Waals surface area contributed by atoms with Gasteiger partial charge in [0.2, 0.25) is 0 Å². The van der Waals surface area contributed by atoms with E-state index in [1.165, 1.54) is 30.5 Å². The number of hydrogen-bond acceptors (Lipinski definition) is 5. The second-order valence-electron chi connectivity index (χ2n) is 4.32. The molecule has 2 aromatic heterocycles. The highest BCUT2D eigenvalue weighted by atomic mass is 19.1. The van der Waals surface area contributed by atoms with Gasteiger partial charge in [-0.2, -0.15) is 4.98 Å². The molecule has 0 radical (unpaired) electrons. The van der Waals surface area contributed by atoms with Gasteiger partial charge in [0.1, 0.15) is 17.2 Å². The summed E-state index contributed by atoms with van der Waals surface area (Å²) in [5.74, 6) is -1.04. The maximum atomic E-state index is 13.2. The van der Waals surface area contributed by atoms with Gasteiger partial charge in [-0.25, -0.2) is 4.39 Å². The third-order valence-corrected chi connectivity index (χ3v) is 2.87. The Morgan fingerprint density at radius 3 is 2.77 bits per heavy atom. The normalized spacial score (nSPS) is 10.6. The molecule has 0 amide bonds. The van der Waals surface area contributed by atoms with Crippen molar-refractivity contribution in [3.05, 3.63) is 74.9 Å². The Balaban J connectivity index is 2.21. The predicted octanol–water partition coefficient (Wildman–Crippen LogP) is 2.53. The van der Waals surface area contributed by atoms with Gasteiger partial charge in [-0.15, -0.1) is 0 Å². The predicted molar refractivity (Wildman–Crippen MR) is 74.6 cm³/mol. The van der Waals surface area contributed by atoms with Gasteiger partial charge >= 0.3 is 17.1 Å². The van der Waals surface area contributed by atoms with E-state index in [1.54, 1.807) is 12.1 Å². The first-order valence-electron chi connectivity index (χ1n) is 6.15. The molecular weight excluding hydrogens is 293 g/mol. The van der Waals surface area contributed by atoms with Crippen LogP contribution in [-0.2, 0) is 0 Å². The molecule has 110 valence electrons. The number of pyridine rings is 1. The Bertz CT molecular complexity index is 939. The zero-order valence-corrected chi connectivity index (χ0v) is 11.0. The summed E-state index contributed by atoms with van der Waals surface area (Å²) in [6.07, 6.45) is 1.36. The Morgan fingerprint density at radius 2 is 2.05 bits per heavy atom. The summed E-state index contributed by atoms with van der Waals surface area (Å²) in [7, 11) is 0. The number of rotatable bonds is 3. The molecule has 3 rings (SSSR count). The third kappa shape index (κ3) is 2.37. The number of halogens is 1. The molecule has 0 fully saturated rings. The Morgan fingerprint density at radius 1 is 1.23 bits per heavy atom. The molecule has 0 aliphatic heterocycles. The van der Waals surface area contributed by atoms with Crippen molar-refractivity contribution < 1.29 is 14.1 Å². The zero-order valence-electron chi connectivity index (χ0n) is 11.0. The van der Waals surface area contributed by atoms with Gasteiger partial charge < -0.3 is 4.74 Å².